The first kappa shape index (κ1) is 15.9. The number of carbonyl (C=O) groups excluding carboxylic acids is 1. The molecule has 1 saturated carbocycles. The smallest absolute Gasteiger partial charge is 0.348 e. The Morgan fingerprint density at radius 2 is 2.08 bits per heavy atom. The van der Waals surface area contributed by atoms with Crippen LogP contribution < -0.4 is 5.32 Å². The third-order valence-electron chi connectivity index (χ3n) is 5.20. The van der Waals surface area contributed by atoms with E-state index in [0.29, 0.717) is 37.5 Å². The average molecular weight is 339 g/mol. The molecule has 1 aromatic rings. The van der Waals surface area contributed by atoms with Crippen LogP contribution >= 0.6 is 0 Å². The van der Waals surface area contributed by atoms with Crippen LogP contribution in [0.5, 0.6) is 0 Å². The second-order valence-electron chi connectivity index (χ2n) is 7.10. The van der Waals surface area contributed by atoms with Crippen molar-refractivity contribution < 1.29 is 18.0 Å². The zero-order valence-electron chi connectivity index (χ0n) is 13.3. The summed E-state index contributed by atoms with van der Waals surface area (Å²) in [5.74, 6) is -0.940. The lowest BCUT2D eigenvalue weighted by atomic mass is 9.97. The first-order valence-electron chi connectivity index (χ1n) is 8.52. The maximum absolute atomic E-state index is 13.0. The largest absolute Gasteiger partial charge is 0.393 e. The molecule has 24 heavy (non-hydrogen) atoms. The van der Waals surface area contributed by atoms with Gasteiger partial charge in [-0.2, -0.15) is 13.2 Å². The van der Waals surface area contributed by atoms with Gasteiger partial charge in [0.1, 0.15) is 0 Å². The van der Waals surface area contributed by atoms with Gasteiger partial charge in [0.25, 0.3) is 5.91 Å². The summed E-state index contributed by atoms with van der Waals surface area (Å²) in [6.45, 7) is 1.57. The Bertz CT molecular complexity index is 670. The average Bonchev–Trinajstić information content (AvgIpc) is 3.31. The van der Waals surface area contributed by atoms with Crippen molar-refractivity contribution in [2.45, 2.75) is 50.9 Å². The van der Waals surface area contributed by atoms with Crippen molar-refractivity contribution in [3.63, 3.8) is 0 Å². The monoisotopic (exact) mass is 339 g/mol. The van der Waals surface area contributed by atoms with Crippen molar-refractivity contribution in [3.05, 3.63) is 28.6 Å². The van der Waals surface area contributed by atoms with Crippen LogP contribution in [0.1, 0.15) is 58.9 Å². The van der Waals surface area contributed by atoms with E-state index < -0.39 is 12.1 Å². The summed E-state index contributed by atoms with van der Waals surface area (Å²) in [6.07, 6.45) is -1.23. The number of amides is 1. The number of halogens is 3. The molecule has 0 bridgehead atoms. The van der Waals surface area contributed by atoms with E-state index in [1.807, 2.05) is 4.90 Å². The van der Waals surface area contributed by atoms with Crippen LogP contribution in [0.25, 0.3) is 0 Å². The molecule has 3 aliphatic rings. The molecule has 0 radical (unpaired) electrons. The maximum atomic E-state index is 13.0. The van der Waals surface area contributed by atoms with Crippen LogP contribution in [0.4, 0.5) is 13.2 Å². The Morgan fingerprint density at radius 1 is 1.29 bits per heavy atom. The van der Waals surface area contributed by atoms with Crippen LogP contribution in [-0.2, 0) is 13.1 Å². The van der Waals surface area contributed by atoms with Crippen molar-refractivity contribution >= 4 is 5.91 Å². The Morgan fingerprint density at radius 3 is 2.79 bits per heavy atom. The summed E-state index contributed by atoms with van der Waals surface area (Å²) < 4.78 is 38.9. The van der Waals surface area contributed by atoms with E-state index in [1.54, 1.807) is 6.07 Å². The minimum Gasteiger partial charge on any atom is -0.348 e. The van der Waals surface area contributed by atoms with Gasteiger partial charge >= 0.3 is 6.18 Å². The van der Waals surface area contributed by atoms with Gasteiger partial charge in [-0.1, -0.05) is 0 Å². The number of hydrogen-bond donors (Lipinski definition) is 1. The van der Waals surface area contributed by atoms with Crippen molar-refractivity contribution in [2.75, 3.05) is 13.1 Å². The highest BCUT2D eigenvalue weighted by Gasteiger charge is 2.42. The lowest BCUT2D eigenvalue weighted by molar-refractivity contribution is -0.187. The number of pyridine rings is 1. The fourth-order valence-electron chi connectivity index (χ4n) is 3.77. The number of hydrogen-bond acceptors (Lipinski definition) is 3. The summed E-state index contributed by atoms with van der Waals surface area (Å²) in [6, 6.07) is 1.76. The van der Waals surface area contributed by atoms with Crippen molar-refractivity contribution in [2.24, 2.45) is 5.92 Å². The number of nitrogens with one attached hydrogen (secondary N) is 1. The van der Waals surface area contributed by atoms with Crippen LogP contribution in [0.15, 0.2) is 6.07 Å². The van der Waals surface area contributed by atoms with Crippen LogP contribution in [0.2, 0.25) is 0 Å². The van der Waals surface area contributed by atoms with E-state index in [0.717, 1.165) is 29.8 Å². The van der Waals surface area contributed by atoms with Crippen LogP contribution in [0.3, 0.4) is 0 Å². The molecule has 4 nitrogen and oxygen atoms in total. The van der Waals surface area contributed by atoms with E-state index in [-0.39, 0.29) is 18.9 Å². The van der Waals surface area contributed by atoms with Gasteiger partial charge in [-0.25, -0.2) is 0 Å². The SMILES string of the molecule is O=C1NCc2c1cc(CN1CCC[C@H](C(F)(F)F)C1)nc2C1CC1. The number of alkyl halides is 3. The number of carbonyl (C=O) groups is 1. The fourth-order valence-corrected chi connectivity index (χ4v) is 3.77. The molecule has 3 heterocycles. The van der Waals surface area contributed by atoms with Gasteiger partial charge in [0.15, 0.2) is 0 Å². The molecule has 1 amide bonds. The first-order chi connectivity index (χ1) is 11.4. The second-order valence-corrected chi connectivity index (χ2v) is 7.10. The molecule has 1 saturated heterocycles. The van der Waals surface area contributed by atoms with Gasteiger partial charge in [0, 0.05) is 42.4 Å². The van der Waals surface area contributed by atoms with Crippen LogP contribution in [-0.4, -0.2) is 35.1 Å². The molecule has 4 rings (SSSR count). The molecule has 0 spiro atoms. The molecule has 1 aromatic heterocycles. The third-order valence-corrected chi connectivity index (χ3v) is 5.20. The Balaban J connectivity index is 1.55. The van der Waals surface area contributed by atoms with E-state index >= 15 is 0 Å². The lowest BCUT2D eigenvalue weighted by Crippen LogP contribution is -2.41. The normalized spacial score (nSPS) is 24.8. The standard InChI is InChI=1S/C17H20F3N3O/c18-17(19,20)11-2-1-5-23(8-11)9-12-6-13-14(7-21-16(13)24)15(22-12)10-3-4-10/h6,10-11H,1-5,7-9H2,(H,21,24)/t11-/m0/s1. The van der Waals surface area contributed by atoms with Gasteiger partial charge < -0.3 is 5.32 Å². The molecule has 130 valence electrons. The molecule has 2 fully saturated rings. The topological polar surface area (TPSA) is 45.2 Å². The summed E-state index contributed by atoms with van der Waals surface area (Å²) in [5.41, 5.74) is 3.34. The van der Waals surface area contributed by atoms with Crippen molar-refractivity contribution in [1.82, 2.24) is 15.2 Å². The number of aromatic nitrogens is 1. The van der Waals surface area contributed by atoms with E-state index in [4.69, 9.17) is 4.98 Å². The number of nitrogens with zero attached hydrogens (tertiary/aromatic N) is 2. The number of rotatable bonds is 3. The highest BCUT2D eigenvalue weighted by atomic mass is 19.4. The molecule has 1 atom stereocenters. The summed E-state index contributed by atoms with van der Waals surface area (Å²) >= 11 is 0. The quantitative estimate of drug-likeness (QED) is 0.921. The molecular formula is C17H20F3N3O. The summed E-state index contributed by atoms with van der Waals surface area (Å²) in [7, 11) is 0. The van der Waals surface area contributed by atoms with Gasteiger partial charge in [-0.15, -0.1) is 0 Å². The zero-order chi connectivity index (χ0) is 16.9. The predicted molar refractivity (Wildman–Crippen MR) is 81.4 cm³/mol. The Hall–Kier alpha value is -1.63. The number of fused-ring (bicyclic) bond motifs is 1. The molecular weight excluding hydrogens is 319 g/mol. The maximum Gasteiger partial charge on any atom is 0.393 e. The summed E-state index contributed by atoms with van der Waals surface area (Å²) in [4.78, 5) is 18.5. The third kappa shape index (κ3) is 3.01. The molecule has 0 unspecified atom stereocenters. The minimum atomic E-state index is -4.14. The molecule has 1 N–H and O–H groups in total. The van der Waals surface area contributed by atoms with E-state index in [2.05, 4.69) is 5.32 Å². The zero-order valence-corrected chi connectivity index (χ0v) is 13.3. The lowest BCUT2D eigenvalue weighted by Gasteiger charge is -2.33. The van der Waals surface area contributed by atoms with Gasteiger partial charge in [0.2, 0.25) is 0 Å². The first-order valence-corrected chi connectivity index (χ1v) is 8.52. The molecule has 2 aliphatic heterocycles. The highest BCUT2D eigenvalue weighted by Crippen LogP contribution is 2.42. The van der Waals surface area contributed by atoms with Crippen LogP contribution in [0, 0.1) is 5.92 Å². The fraction of sp³-hybridized carbons (Fsp3) is 0.647. The molecule has 7 heteroatoms. The molecule has 0 aromatic carbocycles. The Labute approximate surface area is 138 Å². The van der Waals surface area contributed by atoms with Gasteiger partial charge in [0.05, 0.1) is 11.6 Å². The minimum absolute atomic E-state index is 0.0211. The number of piperidine rings is 1. The van der Waals surface area contributed by atoms with E-state index in [9.17, 15) is 18.0 Å². The Kier molecular flexibility index (Phi) is 3.78. The molecule has 1 aliphatic carbocycles. The van der Waals surface area contributed by atoms with Crippen molar-refractivity contribution in [1.29, 1.82) is 0 Å². The van der Waals surface area contributed by atoms with Crippen molar-refractivity contribution in [3.8, 4) is 0 Å². The van der Waals surface area contributed by atoms with E-state index in [1.165, 1.54) is 0 Å². The summed E-state index contributed by atoms with van der Waals surface area (Å²) in [5, 5.41) is 2.82. The number of likely N-dealkylation sites (tertiary alicyclic amines) is 1. The van der Waals surface area contributed by atoms with Gasteiger partial charge in [-0.05, 0) is 38.3 Å². The highest BCUT2D eigenvalue weighted by molar-refractivity contribution is 5.98. The predicted octanol–water partition coefficient (Wildman–Crippen LogP) is 2.98. The second kappa shape index (κ2) is 5.72. The van der Waals surface area contributed by atoms with Gasteiger partial charge in [-0.3, -0.25) is 14.7 Å².